The number of hydrogen-bond acceptors (Lipinski definition) is 5. The van der Waals surface area contributed by atoms with Gasteiger partial charge >= 0.3 is 5.97 Å². The second-order valence-electron chi connectivity index (χ2n) is 18.9. The number of esters is 1. The molecule has 0 aliphatic rings. The lowest BCUT2D eigenvalue weighted by Gasteiger charge is -2.22. The molecule has 0 bridgehead atoms. The highest BCUT2D eigenvalue weighted by Crippen LogP contribution is 2.17. The number of aliphatic hydroxyl groups is 2. The Labute approximate surface area is 386 Å². The number of aliphatic hydroxyl groups excluding tert-OH is 2. The van der Waals surface area contributed by atoms with Crippen LogP contribution in [-0.4, -0.2) is 47.4 Å². The van der Waals surface area contributed by atoms with E-state index in [1.807, 2.05) is 0 Å². The summed E-state index contributed by atoms with van der Waals surface area (Å²) < 4.78 is 5.44. The van der Waals surface area contributed by atoms with E-state index in [0.717, 1.165) is 77.0 Å². The summed E-state index contributed by atoms with van der Waals surface area (Å²) >= 11 is 0. The molecule has 0 aromatic carbocycles. The average molecular weight is 874 g/mol. The van der Waals surface area contributed by atoms with Crippen LogP contribution in [0.2, 0.25) is 0 Å². The van der Waals surface area contributed by atoms with E-state index < -0.39 is 12.1 Å². The van der Waals surface area contributed by atoms with Gasteiger partial charge in [-0.1, -0.05) is 231 Å². The Morgan fingerprint density at radius 3 is 1.15 bits per heavy atom. The van der Waals surface area contributed by atoms with Crippen molar-refractivity contribution in [1.29, 1.82) is 0 Å². The summed E-state index contributed by atoms with van der Waals surface area (Å²) in [4.78, 5) is 24.5. The fraction of sp³-hybridized carbons (Fsp3) is 0.893. The van der Waals surface area contributed by atoms with Crippen LogP contribution in [-0.2, 0) is 14.3 Å². The summed E-state index contributed by atoms with van der Waals surface area (Å²) in [6.45, 7) is 4.87. The lowest BCUT2D eigenvalue weighted by Crippen LogP contribution is -2.45. The standard InChI is InChI=1S/C56H107NO5/c1-3-5-7-9-11-13-15-17-19-21-23-24-26-28-32-36-40-44-48-54(59)53(52-58)57-55(60)49-45-41-37-33-30-31-35-39-43-47-51-62-56(61)50-46-42-38-34-29-27-25-22-20-18-16-14-12-10-8-6-4-2/h18,20,31,35,53-54,58-59H,3-17,19,21-30,32-34,36-52H2,1-2H3,(H,57,60)/b20-18-,35-31-. The van der Waals surface area contributed by atoms with Crippen LogP contribution in [0.25, 0.3) is 0 Å². The van der Waals surface area contributed by atoms with Crippen LogP contribution in [0.5, 0.6) is 0 Å². The molecule has 62 heavy (non-hydrogen) atoms. The maximum atomic E-state index is 12.5. The van der Waals surface area contributed by atoms with Crippen LogP contribution in [0.3, 0.4) is 0 Å². The molecule has 0 aliphatic carbocycles. The minimum atomic E-state index is -0.686. The molecule has 366 valence electrons. The highest BCUT2D eigenvalue weighted by atomic mass is 16.5. The van der Waals surface area contributed by atoms with Gasteiger partial charge in [0.15, 0.2) is 0 Å². The molecule has 2 unspecified atom stereocenters. The molecular formula is C56H107NO5. The van der Waals surface area contributed by atoms with Gasteiger partial charge in [0.2, 0.25) is 5.91 Å². The molecule has 0 rings (SSSR count). The largest absolute Gasteiger partial charge is 0.466 e. The van der Waals surface area contributed by atoms with E-state index in [2.05, 4.69) is 43.5 Å². The third kappa shape index (κ3) is 47.8. The van der Waals surface area contributed by atoms with Crippen molar-refractivity contribution in [2.24, 2.45) is 0 Å². The van der Waals surface area contributed by atoms with Crippen molar-refractivity contribution in [1.82, 2.24) is 5.32 Å². The molecule has 0 aromatic heterocycles. The Balaban J connectivity index is 3.51. The second kappa shape index (κ2) is 52.0. The van der Waals surface area contributed by atoms with Gasteiger partial charge in [-0.05, 0) is 77.0 Å². The predicted molar refractivity (Wildman–Crippen MR) is 269 cm³/mol. The van der Waals surface area contributed by atoms with Gasteiger partial charge in [0.25, 0.3) is 0 Å². The molecule has 3 N–H and O–H groups in total. The second-order valence-corrected chi connectivity index (χ2v) is 18.9. The predicted octanol–water partition coefficient (Wildman–Crippen LogP) is 16.7. The Kier molecular flexibility index (Phi) is 50.6. The summed E-state index contributed by atoms with van der Waals surface area (Å²) in [7, 11) is 0. The molecule has 0 fully saturated rings. The lowest BCUT2D eigenvalue weighted by atomic mass is 10.0. The number of ether oxygens (including phenoxy) is 1. The van der Waals surface area contributed by atoms with Gasteiger partial charge in [-0.15, -0.1) is 0 Å². The number of amides is 1. The van der Waals surface area contributed by atoms with Gasteiger partial charge in [0.05, 0.1) is 25.4 Å². The van der Waals surface area contributed by atoms with Crippen molar-refractivity contribution in [3.05, 3.63) is 24.3 Å². The first-order chi connectivity index (χ1) is 30.5. The molecule has 0 saturated carbocycles. The van der Waals surface area contributed by atoms with Crippen molar-refractivity contribution < 1.29 is 24.5 Å². The summed E-state index contributed by atoms with van der Waals surface area (Å²) in [5, 5.41) is 23.3. The molecule has 0 aromatic rings. The van der Waals surface area contributed by atoms with Crippen LogP contribution >= 0.6 is 0 Å². The van der Waals surface area contributed by atoms with E-state index >= 15 is 0 Å². The lowest BCUT2D eigenvalue weighted by molar-refractivity contribution is -0.143. The van der Waals surface area contributed by atoms with E-state index in [9.17, 15) is 19.8 Å². The zero-order chi connectivity index (χ0) is 45.1. The Morgan fingerprint density at radius 1 is 0.435 bits per heavy atom. The van der Waals surface area contributed by atoms with Gasteiger partial charge in [-0.25, -0.2) is 0 Å². The smallest absolute Gasteiger partial charge is 0.305 e. The molecule has 0 heterocycles. The van der Waals surface area contributed by atoms with Crippen molar-refractivity contribution in [2.45, 2.75) is 309 Å². The number of hydrogen-bond donors (Lipinski definition) is 3. The normalized spacial score (nSPS) is 12.8. The summed E-state index contributed by atoms with van der Waals surface area (Å²) in [6, 6.07) is -0.567. The maximum absolute atomic E-state index is 12.5. The van der Waals surface area contributed by atoms with E-state index in [-0.39, 0.29) is 18.5 Å². The zero-order valence-corrected chi connectivity index (χ0v) is 41.6. The number of carbonyl (C=O) groups excluding carboxylic acids is 2. The first kappa shape index (κ1) is 60.3. The molecular weight excluding hydrogens is 767 g/mol. The van der Waals surface area contributed by atoms with Crippen LogP contribution in [0.1, 0.15) is 296 Å². The molecule has 0 spiro atoms. The average Bonchev–Trinajstić information content (AvgIpc) is 3.27. The summed E-state index contributed by atoms with van der Waals surface area (Å²) in [5.74, 6) is -0.108. The summed E-state index contributed by atoms with van der Waals surface area (Å²) in [6.07, 6.45) is 61.6. The first-order valence-corrected chi connectivity index (χ1v) is 27.6. The van der Waals surface area contributed by atoms with E-state index in [1.165, 1.54) is 186 Å². The summed E-state index contributed by atoms with van der Waals surface area (Å²) in [5.41, 5.74) is 0. The zero-order valence-electron chi connectivity index (χ0n) is 41.6. The van der Waals surface area contributed by atoms with Crippen molar-refractivity contribution in [2.75, 3.05) is 13.2 Å². The third-order valence-corrected chi connectivity index (χ3v) is 12.7. The topological polar surface area (TPSA) is 95.9 Å². The molecule has 2 atom stereocenters. The monoisotopic (exact) mass is 874 g/mol. The first-order valence-electron chi connectivity index (χ1n) is 27.6. The molecule has 1 amide bonds. The van der Waals surface area contributed by atoms with Gasteiger partial charge in [0, 0.05) is 12.8 Å². The highest BCUT2D eigenvalue weighted by molar-refractivity contribution is 5.76. The number of allylic oxidation sites excluding steroid dienone is 4. The minimum absolute atomic E-state index is 0.0392. The van der Waals surface area contributed by atoms with E-state index in [1.54, 1.807) is 0 Å². The van der Waals surface area contributed by atoms with Crippen LogP contribution in [0, 0.1) is 0 Å². The molecule has 6 nitrogen and oxygen atoms in total. The SMILES string of the molecule is CCCCCCCC/C=C\CCCCCCCCCC(=O)OCCCC/C=C\CCCCCCC(=O)NC(CO)C(O)CCCCCCCCCCCCCCCCCCCC. The van der Waals surface area contributed by atoms with E-state index in [0.29, 0.717) is 25.9 Å². The quantitative estimate of drug-likeness (QED) is 0.0321. The van der Waals surface area contributed by atoms with Gasteiger partial charge in [-0.2, -0.15) is 0 Å². The molecule has 0 aliphatic heterocycles. The Morgan fingerprint density at radius 2 is 0.758 bits per heavy atom. The number of rotatable bonds is 51. The number of carbonyl (C=O) groups is 2. The van der Waals surface area contributed by atoms with Crippen molar-refractivity contribution in [3.63, 3.8) is 0 Å². The fourth-order valence-corrected chi connectivity index (χ4v) is 8.45. The highest BCUT2D eigenvalue weighted by Gasteiger charge is 2.20. The minimum Gasteiger partial charge on any atom is -0.466 e. The van der Waals surface area contributed by atoms with Gasteiger partial charge in [-0.3, -0.25) is 9.59 Å². The van der Waals surface area contributed by atoms with Gasteiger partial charge < -0.3 is 20.3 Å². The third-order valence-electron chi connectivity index (χ3n) is 12.7. The van der Waals surface area contributed by atoms with Crippen molar-refractivity contribution >= 4 is 11.9 Å². The van der Waals surface area contributed by atoms with Crippen molar-refractivity contribution in [3.8, 4) is 0 Å². The Hall–Kier alpha value is -1.66. The van der Waals surface area contributed by atoms with Crippen LogP contribution < -0.4 is 5.32 Å². The molecule has 0 radical (unpaired) electrons. The van der Waals surface area contributed by atoms with Crippen LogP contribution in [0.15, 0.2) is 24.3 Å². The van der Waals surface area contributed by atoms with Gasteiger partial charge in [0.1, 0.15) is 0 Å². The fourth-order valence-electron chi connectivity index (χ4n) is 8.45. The van der Waals surface area contributed by atoms with Crippen LogP contribution in [0.4, 0.5) is 0 Å². The Bertz CT molecular complexity index is 966. The maximum Gasteiger partial charge on any atom is 0.305 e. The molecule has 6 heteroatoms. The van der Waals surface area contributed by atoms with E-state index in [4.69, 9.17) is 4.74 Å². The number of nitrogens with one attached hydrogen (secondary N) is 1. The molecule has 0 saturated heterocycles. The number of unbranched alkanes of at least 4 members (excludes halogenated alkanes) is 36.